The monoisotopic (exact) mass is 182 g/mol. The number of carbonyl (C=O) groups is 2. The van der Waals surface area contributed by atoms with E-state index >= 15 is 0 Å². The van der Waals surface area contributed by atoms with Crippen LogP contribution in [0.1, 0.15) is 29.1 Å². The van der Waals surface area contributed by atoms with E-state index in [0.717, 1.165) is 0 Å². The second kappa shape index (κ2) is 3.38. The van der Waals surface area contributed by atoms with Gasteiger partial charge in [0, 0.05) is 6.92 Å². The quantitative estimate of drug-likeness (QED) is 0.677. The number of oxazole rings is 1. The van der Waals surface area contributed by atoms with Crippen molar-refractivity contribution in [3.63, 3.8) is 0 Å². The van der Waals surface area contributed by atoms with Crippen LogP contribution in [-0.2, 0) is 11.2 Å². The van der Waals surface area contributed by atoms with Crippen LogP contribution in [0.4, 0.5) is 0 Å². The van der Waals surface area contributed by atoms with Gasteiger partial charge in [-0.05, 0) is 6.92 Å². The molecule has 5 heteroatoms. The van der Waals surface area contributed by atoms with Crippen LogP contribution in [0.15, 0.2) is 4.42 Å². The Labute approximate surface area is 74.9 Å². The van der Waals surface area contributed by atoms with Gasteiger partial charge in [0.1, 0.15) is 6.42 Å². The van der Waals surface area contributed by atoms with Crippen LogP contribution in [-0.4, -0.2) is 16.7 Å². The summed E-state index contributed by atoms with van der Waals surface area (Å²) in [7, 11) is 0. The van der Waals surface area contributed by atoms with Gasteiger partial charge in [0.25, 0.3) is 0 Å². The maximum atomic E-state index is 10.9. The minimum Gasteiger partial charge on any atom is -0.437 e. The second-order valence-electron chi connectivity index (χ2n) is 2.72. The maximum absolute atomic E-state index is 10.9. The molecule has 5 nitrogen and oxygen atoms in total. The molecule has 0 aliphatic carbocycles. The third kappa shape index (κ3) is 2.14. The van der Waals surface area contributed by atoms with Gasteiger partial charge in [-0.3, -0.25) is 9.59 Å². The molecule has 0 saturated heterocycles. The number of carbonyl (C=O) groups excluding carboxylic acids is 2. The molecule has 13 heavy (non-hydrogen) atoms. The zero-order valence-corrected chi connectivity index (χ0v) is 7.46. The summed E-state index contributed by atoms with van der Waals surface area (Å²) in [4.78, 5) is 25.3. The lowest BCUT2D eigenvalue weighted by atomic mass is 10.3. The van der Waals surface area contributed by atoms with Crippen molar-refractivity contribution in [2.45, 2.75) is 20.3 Å². The number of primary amides is 1. The van der Waals surface area contributed by atoms with Gasteiger partial charge in [-0.15, -0.1) is 0 Å². The lowest BCUT2D eigenvalue weighted by Crippen LogP contribution is -2.13. The summed E-state index contributed by atoms with van der Waals surface area (Å²) in [6.45, 7) is 3.02. The van der Waals surface area contributed by atoms with Crippen molar-refractivity contribution in [2.24, 2.45) is 5.73 Å². The molecule has 0 saturated carbocycles. The average molecular weight is 182 g/mol. The molecule has 2 N–H and O–H groups in total. The number of rotatable bonds is 3. The van der Waals surface area contributed by atoms with Gasteiger partial charge in [0.2, 0.25) is 11.8 Å². The molecule has 1 heterocycles. The fourth-order valence-electron chi connectivity index (χ4n) is 1.00. The molecule has 0 radical (unpaired) electrons. The number of nitrogens with two attached hydrogens (primary N) is 1. The molecule has 0 spiro atoms. The van der Waals surface area contributed by atoms with E-state index in [2.05, 4.69) is 4.98 Å². The number of aromatic nitrogens is 1. The van der Waals surface area contributed by atoms with Crippen LogP contribution in [0.5, 0.6) is 0 Å². The fourth-order valence-corrected chi connectivity index (χ4v) is 1.00. The number of amides is 1. The van der Waals surface area contributed by atoms with Gasteiger partial charge in [0.15, 0.2) is 11.5 Å². The summed E-state index contributed by atoms with van der Waals surface area (Å²) in [5.74, 6) is -0.358. The van der Waals surface area contributed by atoms with Gasteiger partial charge in [-0.2, -0.15) is 0 Å². The first kappa shape index (κ1) is 9.44. The van der Waals surface area contributed by atoms with Gasteiger partial charge >= 0.3 is 0 Å². The molecular weight excluding hydrogens is 172 g/mol. The standard InChI is InChI=1S/C8H10N2O3/c1-4-8(5(2)11)13-7(10-4)3-6(9)12/h3H2,1-2H3,(H2,9,12). The SMILES string of the molecule is CC(=O)c1oc(CC(N)=O)nc1C. The number of ketones is 1. The van der Waals surface area contributed by atoms with Crippen LogP contribution in [0.25, 0.3) is 0 Å². The normalized spacial score (nSPS) is 10.0. The van der Waals surface area contributed by atoms with E-state index in [-0.39, 0.29) is 23.9 Å². The summed E-state index contributed by atoms with van der Waals surface area (Å²) >= 11 is 0. The van der Waals surface area contributed by atoms with Crippen molar-refractivity contribution >= 4 is 11.7 Å². The first-order chi connectivity index (χ1) is 6.00. The third-order valence-corrected chi connectivity index (χ3v) is 1.49. The molecule has 0 aliphatic heterocycles. The average Bonchev–Trinajstić information content (AvgIpc) is 2.29. The van der Waals surface area contributed by atoms with Gasteiger partial charge in [-0.1, -0.05) is 0 Å². The summed E-state index contributed by atoms with van der Waals surface area (Å²) in [6, 6.07) is 0. The van der Waals surface area contributed by atoms with Crippen LogP contribution < -0.4 is 5.73 Å². The number of nitrogens with zero attached hydrogens (tertiary/aromatic N) is 1. The third-order valence-electron chi connectivity index (χ3n) is 1.49. The topological polar surface area (TPSA) is 86.2 Å². The van der Waals surface area contributed by atoms with Crippen molar-refractivity contribution in [3.05, 3.63) is 17.3 Å². The van der Waals surface area contributed by atoms with Crippen LogP contribution in [0, 0.1) is 6.92 Å². The summed E-state index contributed by atoms with van der Waals surface area (Å²) in [5, 5.41) is 0. The Balaban J connectivity index is 2.95. The van der Waals surface area contributed by atoms with E-state index in [1.165, 1.54) is 6.92 Å². The number of hydrogen-bond donors (Lipinski definition) is 1. The lowest BCUT2D eigenvalue weighted by molar-refractivity contribution is -0.117. The second-order valence-corrected chi connectivity index (χ2v) is 2.72. The Bertz CT molecular complexity index is 354. The van der Waals surface area contributed by atoms with Crippen molar-refractivity contribution in [2.75, 3.05) is 0 Å². The molecule has 0 aliphatic rings. The highest BCUT2D eigenvalue weighted by Gasteiger charge is 2.14. The van der Waals surface area contributed by atoms with E-state index < -0.39 is 5.91 Å². The van der Waals surface area contributed by atoms with Crippen molar-refractivity contribution in [1.29, 1.82) is 0 Å². The van der Waals surface area contributed by atoms with Gasteiger partial charge < -0.3 is 10.2 Å². The minimum absolute atomic E-state index is 0.0753. The minimum atomic E-state index is -0.531. The Morgan fingerprint density at radius 1 is 1.54 bits per heavy atom. The van der Waals surface area contributed by atoms with E-state index in [9.17, 15) is 9.59 Å². The molecular formula is C8H10N2O3. The summed E-state index contributed by atoms with van der Waals surface area (Å²) in [6.07, 6.45) is -0.0753. The summed E-state index contributed by atoms with van der Waals surface area (Å²) < 4.78 is 5.03. The Hall–Kier alpha value is -1.65. The van der Waals surface area contributed by atoms with Crippen LogP contribution in [0.3, 0.4) is 0 Å². The van der Waals surface area contributed by atoms with Crippen molar-refractivity contribution in [1.82, 2.24) is 4.98 Å². The number of hydrogen-bond acceptors (Lipinski definition) is 4. The molecule has 1 rings (SSSR count). The lowest BCUT2D eigenvalue weighted by Gasteiger charge is -1.88. The zero-order valence-electron chi connectivity index (χ0n) is 7.46. The largest absolute Gasteiger partial charge is 0.437 e. The molecule has 0 unspecified atom stereocenters. The first-order valence-corrected chi connectivity index (χ1v) is 3.76. The summed E-state index contributed by atoms with van der Waals surface area (Å²) in [5.41, 5.74) is 5.43. The highest BCUT2D eigenvalue weighted by molar-refractivity contribution is 5.92. The number of aryl methyl sites for hydroxylation is 1. The highest BCUT2D eigenvalue weighted by atomic mass is 16.4. The Kier molecular flexibility index (Phi) is 2.46. The highest BCUT2D eigenvalue weighted by Crippen LogP contribution is 2.10. The predicted octanol–water partition coefficient (Wildman–Crippen LogP) is 0.213. The molecule has 0 atom stereocenters. The molecule has 1 aromatic heterocycles. The van der Waals surface area contributed by atoms with Crippen molar-refractivity contribution in [3.8, 4) is 0 Å². The Morgan fingerprint density at radius 3 is 2.54 bits per heavy atom. The van der Waals surface area contributed by atoms with Crippen LogP contribution in [0.2, 0.25) is 0 Å². The zero-order chi connectivity index (χ0) is 10.0. The molecule has 1 amide bonds. The smallest absolute Gasteiger partial charge is 0.226 e. The van der Waals surface area contributed by atoms with Crippen molar-refractivity contribution < 1.29 is 14.0 Å². The maximum Gasteiger partial charge on any atom is 0.226 e. The molecule has 1 aromatic rings. The van der Waals surface area contributed by atoms with Crippen LogP contribution >= 0.6 is 0 Å². The fraction of sp³-hybridized carbons (Fsp3) is 0.375. The van der Waals surface area contributed by atoms with E-state index in [0.29, 0.717) is 5.69 Å². The van der Waals surface area contributed by atoms with E-state index in [4.69, 9.17) is 10.2 Å². The number of Topliss-reactive ketones (excluding diaryl/α,β-unsaturated/α-hetero) is 1. The predicted molar refractivity (Wildman–Crippen MR) is 44.1 cm³/mol. The first-order valence-electron chi connectivity index (χ1n) is 3.76. The molecule has 0 aromatic carbocycles. The molecule has 0 bridgehead atoms. The van der Waals surface area contributed by atoms with E-state index in [1.807, 2.05) is 0 Å². The van der Waals surface area contributed by atoms with Gasteiger partial charge in [-0.25, -0.2) is 4.98 Å². The molecule has 70 valence electrons. The van der Waals surface area contributed by atoms with E-state index in [1.54, 1.807) is 6.92 Å². The van der Waals surface area contributed by atoms with Gasteiger partial charge in [0.05, 0.1) is 5.69 Å². The Morgan fingerprint density at radius 2 is 2.15 bits per heavy atom. The molecule has 0 fully saturated rings.